The van der Waals surface area contributed by atoms with Gasteiger partial charge in [0.05, 0.1) is 12.3 Å². The Kier molecular flexibility index (Phi) is 8.99. The first-order chi connectivity index (χ1) is 12.9. The first-order valence-electron chi connectivity index (χ1n) is 10.0. The molecule has 158 valence electrons. The van der Waals surface area contributed by atoms with Gasteiger partial charge in [0.25, 0.3) is 0 Å². The molecule has 0 heterocycles. The molecule has 0 bridgehead atoms. The molecule has 0 N–H and O–H groups in total. The van der Waals surface area contributed by atoms with Crippen LogP contribution in [0.15, 0.2) is 30.3 Å². The Morgan fingerprint density at radius 2 is 1.50 bits per heavy atom. The van der Waals surface area contributed by atoms with Crippen molar-refractivity contribution >= 4 is 11.9 Å². The van der Waals surface area contributed by atoms with Crippen LogP contribution in [0.1, 0.15) is 61.8 Å². The normalized spacial score (nSPS) is 15.1. The van der Waals surface area contributed by atoms with Crippen molar-refractivity contribution < 1.29 is 23.8 Å². The molecule has 0 radical (unpaired) electrons. The Hall–Kier alpha value is -2.04. The maximum Gasteiger partial charge on any atom is 0.310 e. The molecule has 0 saturated heterocycles. The summed E-state index contributed by atoms with van der Waals surface area (Å²) in [5.41, 5.74) is -0.581. The van der Waals surface area contributed by atoms with Crippen LogP contribution in [0.4, 0.5) is 0 Å². The number of ether oxygens (including phenoxy) is 3. The van der Waals surface area contributed by atoms with Gasteiger partial charge in [-0.1, -0.05) is 45.9 Å². The van der Waals surface area contributed by atoms with Gasteiger partial charge in [0.1, 0.15) is 23.6 Å². The number of carbonyl (C=O) groups is 2. The van der Waals surface area contributed by atoms with Gasteiger partial charge in [-0.05, 0) is 51.7 Å². The maximum atomic E-state index is 12.8. The molecule has 0 aliphatic carbocycles. The van der Waals surface area contributed by atoms with E-state index in [1.807, 2.05) is 85.7 Å². The number of esters is 2. The molecule has 28 heavy (non-hydrogen) atoms. The molecule has 0 aliphatic heterocycles. The van der Waals surface area contributed by atoms with Gasteiger partial charge in [0, 0.05) is 0 Å². The van der Waals surface area contributed by atoms with Gasteiger partial charge in [-0.3, -0.25) is 9.59 Å². The molecule has 0 fully saturated rings. The molecule has 1 rings (SSSR count). The van der Waals surface area contributed by atoms with Crippen molar-refractivity contribution in [2.24, 2.45) is 17.8 Å². The standard InChI is InChI=1S/C23H36O5/c1-15(2)19(14-20(24)28-23(6,7)8)22(25)26-17(5)21(16(3)4)27-18-12-10-9-11-13-18/h9-13,15-17,19,21H,14H2,1-8H3/t17-,19-,21+/m0/s1. The molecule has 5 nitrogen and oxygen atoms in total. The highest BCUT2D eigenvalue weighted by Gasteiger charge is 2.33. The third kappa shape index (κ3) is 8.32. The van der Waals surface area contributed by atoms with E-state index in [1.165, 1.54) is 0 Å². The predicted octanol–water partition coefficient (Wildman–Crippen LogP) is 5.03. The van der Waals surface area contributed by atoms with Gasteiger partial charge in [-0.15, -0.1) is 0 Å². The summed E-state index contributed by atoms with van der Waals surface area (Å²) in [4.78, 5) is 25.0. The zero-order valence-corrected chi connectivity index (χ0v) is 18.5. The number of carbonyl (C=O) groups excluding carboxylic acids is 2. The van der Waals surface area contributed by atoms with Gasteiger partial charge in [0.15, 0.2) is 0 Å². The van der Waals surface area contributed by atoms with Gasteiger partial charge >= 0.3 is 11.9 Å². The van der Waals surface area contributed by atoms with E-state index in [4.69, 9.17) is 14.2 Å². The highest BCUT2D eigenvalue weighted by molar-refractivity contribution is 5.80. The zero-order chi connectivity index (χ0) is 21.5. The Balaban J connectivity index is 2.79. The fraction of sp³-hybridized carbons (Fsp3) is 0.652. The number of para-hydroxylation sites is 1. The SMILES string of the molecule is CC(C)[C@H](CC(=O)OC(C)(C)C)C(=O)O[C@@H](C)[C@H](Oc1ccccc1)C(C)C. The summed E-state index contributed by atoms with van der Waals surface area (Å²) >= 11 is 0. The number of hydrogen-bond acceptors (Lipinski definition) is 5. The van der Waals surface area contributed by atoms with Crippen LogP contribution in [0.5, 0.6) is 5.75 Å². The summed E-state index contributed by atoms with van der Waals surface area (Å²) in [5, 5.41) is 0. The van der Waals surface area contributed by atoms with E-state index < -0.39 is 29.6 Å². The first-order valence-corrected chi connectivity index (χ1v) is 10.0. The third-order valence-corrected chi connectivity index (χ3v) is 4.35. The fourth-order valence-electron chi connectivity index (χ4n) is 2.92. The summed E-state index contributed by atoms with van der Waals surface area (Å²) in [6, 6.07) is 9.48. The summed E-state index contributed by atoms with van der Waals surface area (Å²) in [6.45, 7) is 15.1. The molecular formula is C23H36O5. The van der Waals surface area contributed by atoms with Crippen molar-refractivity contribution in [3.8, 4) is 5.75 Å². The lowest BCUT2D eigenvalue weighted by atomic mass is 9.92. The lowest BCUT2D eigenvalue weighted by Crippen LogP contribution is -2.40. The quantitative estimate of drug-likeness (QED) is 0.552. The van der Waals surface area contributed by atoms with Crippen molar-refractivity contribution in [3.05, 3.63) is 30.3 Å². The molecule has 0 saturated carbocycles. The summed E-state index contributed by atoms with van der Waals surface area (Å²) in [6.07, 6.45) is -0.736. The van der Waals surface area contributed by atoms with Crippen LogP contribution in [0, 0.1) is 17.8 Å². The topological polar surface area (TPSA) is 61.8 Å². The third-order valence-electron chi connectivity index (χ3n) is 4.35. The van der Waals surface area contributed by atoms with E-state index >= 15 is 0 Å². The van der Waals surface area contributed by atoms with E-state index in [-0.39, 0.29) is 24.4 Å². The summed E-state index contributed by atoms with van der Waals surface area (Å²) in [7, 11) is 0. The van der Waals surface area contributed by atoms with E-state index in [9.17, 15) is 9.59 Å². The largest absolute Gasteiger partial charge is 0.486 e. The lowest BCUT2D eigenvalue weighted by Gasteiger charge is -2.30. The van der Waals surface area contributed by atoms with Crippen LogP contribution < -0.4 is 4.74 Å². The molecular weight excluding hydrogens is 356 g/mol. The summed E-state index contributed by atoms with van der Waals surface area (Å²) in [5.74, 6) is -0.501. The second kappa shape index (κ2) is 10.5. The Morgan fingerprint density at radius 1 is 0.929 bits per heavy atom. The highest BCUT2D eigenvalue weighted by Crippen LogP contribution is 2.24. The van der Waals surface area contributed by atoms with Gasteiger partial charge < -0.3 is 14.2 Å². The number of benzene rings is 1. The predicted molar refractivity (Wildman–Crippen MR) is 110 cm³/mol. The van der Waals surface area contributed by atoms with Crippen LogP contribution in [-0.2, 0) is 19.1 Å². The molecule has 0 spiro atoms. The lowest BCUT2D eigenvalue weighted by molar-refractivity contribution is -0.168. The van der Waals surface area contributed by atoms with Crippen LogP contribution in [0.3, 0.4) is 0 Å². The van der Waals surface area contributed by atoms with Gasteiger partial charge in [0.2, 0.25) is 0 Å². The van der Waals surface area contributed by atoms with Crippen LogP contribution in [0.25, 0.3) is 0 Å². The van der Waals surface area contributed by atoms with Crippen LogP contribution in [-0.4, -0.2) is 29.7 Å². The van der Waals surface area contributed by atoms with Crippen LogP contribution in [0.2, 0.25) is 0 Å². The average Bonchev–Trinajstić information content (AvgIpc) is 2.56. The Bertz CT molecular complexity index is 616. The van der Waals surface area contributed by atoms with E-state index in [2.05, 4.69) is 0 Å². The fourth-order valence-corrected chi connectivity index (χ4v) is 2.92. The molecule has 3 atom stereocenters. The molecule has 0 amide bonds. The maximum absolute atomic E-state index is 12.8. The van der Waals surface area contributed by atoms with Crippen molar-refractivity contribution in [1.29, 1.82) is 0 Å². The van der Waals surface area contributed by atoms with Crippen molar-refractivity contribution in [2.75, 3.05) is 0 Å². The molecule has 0 aromatic heterocycles. The van der Waals surface area contributed by atoms with Crippen molar-refractivity contribution in [1.82, 2.24) is 0 Å². The van der Waals surface area contributed by atoms with Crippen molar-refractivity contribution in [2.45, 2.75) is 79.6 Å². The first kappa shape index (κ1) is 24.0. The molecule has 0 aliphatic rings. The van der Waals surface area contributed by atoms with E-state index in [0.717, 1.165) is 5.75 Å². The van der Waals surface area contributed by atoms with Gasteiger partial charge in [-0.25, -0.2) is 0 Å². The molecule has 1 aromatic carbocycles. The summed E-state index contributed by atoms with van der Waals surface area (Å²) < 4.78 is 17.2. The van der Waals surface area contributed by atoms with Crippen molar-refractivity contribution in [3.63, 3.8) is 0 Å². The zero-order valence-electron chi connectivity index (χ0n) is 18.5. The molecule has 1 aromatic rings. The second-order valence-electron chi connectivity index (χ2n) is 8.92. The second-order valence-corrected chi connectivity index (χ2v) is 8.92. The highest BCUT2D eigenvalue weighted by atomic mass is 16.6. The monoisotopic (exact) mass is 392 g/mol. The van der Waals surface area contributed by atoms with Crippen LogP contribution >= 0.6 is 0 Å². The Morgan fingerprint density at radius 3 is 1.96 bits per heavy atom. The smallest absolute Gasteiger partial charge is 0.310 e. The minimum Gasteiger partial charge on any atom is -0.486 e. The number of rotatable bonds is 9. The number of hydrogen-bond donors (Lipinski definition) is 0. The minimum absolute atomic E-state index is 0.00633. The minimum atomic E-state index is -0.581. The average molecular weight is 393 g/mol. The van der Waals surface area contributed by atoms with E-state index in [1.54, 1.807) is 0 Å². The Labute approximate surface area is 169 Å². The molecule has 5 heteroatoms. The van der Waals surface area contributed by atoms with E-state index in [0.29, 0.717) is 0 Å². The molecule has 0 unspecified atom stereocenters. The van der Waals surface area contributed by atoms with Gasteiger partial charge in [-0.2, -0.15) is 0 Å².